The van der Waals surface area contributed by atoms with Crippen molar-refractivity contribution in [1.29, 1.82) is 0 Å². The molecule has 82 heavy (non-hydrogen) atoms. The highest BCUT2D eigenvalue weighted by Crippen LogP contribution is 2.25. The number of hydrogen-bond acceptors (Lipinski definition) is 5. The molecule has 0 saturated carbocycles. The largest absolute Gasteiger partial charge is 0.388 e. The van der Waals surface area contributed by atoms with E-state index in [0.29, 0.717) is 38.6 Å². The van der Waals surface area contributed by atoms with E-state index < -0.39 is 0 Å². The van der Waals surface area contributed by atoms with Crippen molar-refractivity contribution in [1.82, 2.24) is 0 Å². The van der Waals surface area contributed by atoms with Crippen LogP contribution in [-0.2, 0) is 23.7 Å². The number of ether oxygens (including phenoxy) is 5. The molecule has 5 nitrogen and oxygen atoms in total. The second-order valence-electron chi connectivity index (χ2n) is 30.1. The maximum atomic E-state index is 5.81. The third-order valence-corrected chi connectivity index (χ3v) is 6.18. The summed E-state index contributed by atoms with van der Waals surface area (Å²) >= 11 is 0. The molecule has 0 aliphatic carbocycles. The van der Waals surface area contributed by atoms with Crippen LogP contribution >= 0.6 is 0 Å². The van der Waals surface area contributed by atoms with E-state index in [0.717, 1.165) is 19.4 Å². The summed E-state index contributed by atoms with van der Waals surface area (Å²) < 4.78 is 24.2. The van der Waals surface area contributed by atoms with Crippen molar-refractivity contribution in [3.8, 4) is 0 Å². The molecule has 480 valence electrons. The Balaban J connectivity index is -0.000000102. The molecule has 0 aliphatic heterocycles. The highest BCUT2D eigenvalue weighted by molar-refractivity contribution is 5.01. The molecule has 0 N–H and O–H groups in total. The fraction of sp³-hybridized carbons (Fsp3) is 0.610. The highest BCUT2D eigenvalue weighted by Gasteiger charge is 2.20. The second-order valence-corrected chi connectivity index (χ2v) is 30.1. The van der Waals surface area contributed by atoms with Crippen molar-refractivity contribution in [2.24, 2.45) is 32.5 Å². The van der Waals surface area contributed by atoms with Crippen molar-refractivity contribution >= 4 is 0 Å². The van der Waals surface area contributed by atoms with Gasteiger partial charge in [-0.15, -0.1) is 0 Å². The first kappa shape index (κ1) is 97.0. The quantitative estimate of drug-likeness (QED) is 0.179. The Kier molecular flexibility index (Phi) is 72.7. The van der Waals surface area contributed by atoms with Crippen LogP contribution < -0.4 is 0 Å². The lowest BCUT2D eigenvalue weighted by molar-refractivity contribution is -0.0650. The molecule has 0 fully saturated rings. The minimum Gasteiger partial charge on any atom is -0.388 e. The molecule has 0 bridgehead atoms. The van der Waals surface area contributed by atoms with Crippen LogP contribution in [0.4, 0.5) is 0 Å². The van der Waals surface area contributed by atoms with Gasteiger partial charge in [-0.2, -0.15) is 0 Å². The van der Waals surface area contributed by atoms with Gasteiger partial charge in [0.15, 0.2) is 0 Å². The zero-order valence-electron chi connectivity index (χ0n) is 61.1. The average Bonchev–Trinajstić information content (AvgIpc) is 3.30. The van der Waals surface area contributed by atoms with E-state index in [2.05, 4.69) is 215 Å². The van der Waals surface area contributed by atoms with Gasteiger partial charge in [0, 0.05) is 49.3 Å². The molecular weight excluding hydrogens is 1000 g/mol. The van der Waals surface area contributed by atoms with Crippen LogP contribution in [0.1, 0.15) is 214 Å². The second kappa shape index (κ2) is 61.5. The first-order chi connectivity index (χ1) is 37.1. The van der Waals surface area contributed by atoms with Crippen LogP contribution in [-0.4, -0.2) is 66.6 Å². The normalized spacial score (nSPS) is 10.7. The molecule has 0 aromatic heterocycles. The topological polar surface area (TPSA) is 46.2 Å². The molecule has 5 aromatic rings. The summed E-state index contributed by atoms with van der Waals surface area (Å²) in [5.41, 5.74) is 2.77. The number of methoxy groups -OCH3 is 3. The van der Waals surface area contributed by atoms with E-state index in [1.165, 1.54) is 0 Å². The van der Waals surface area contributed by atoms with E-state index in [1.807, 2.05) is 182 Å². The Labute approximate surface area is 515 Å². The fourth-order valence-electron chi connectivity index (χ4n) is 4.10. The Morgan fingerprint density at radius 3 is 0.463 bits per heavy atom. The van der Waals surface area contributed by atoms with Gasteiger partial charge < -0.3 is 23.7 Å². The first-order valence-electron chi connectivity index (χ1n) is 29.6. The lowest BCUT2D eigenvalue weighted by atomic mass is 9.89. The van der Waals surface area contributed by atoms with Gasteiger partial charge in [0.05, 0.1) is 17.3 Å². The van der Waals surface area contributed by atoms with Gasteiger partial charge in [-0.1, -0.05) is 334 Å². The Morgan fingerprint density at radius 2 is 0.378 bits per heavy atom. The predicted octanol–water partition coefficient (Wildman–Crippen LogP) is 24.3. The summed E-state index contributed by atoms with van der Waals surface area (Å²) in [6.07, 6.45) is 2.60. The summed E-state index contributed by atoms with van der Waals surface area (Å²) in [6, 6.07) is 60.0. The van der Waals surface area contributed by atoms with Gasteiger partial charge in [0.2, 0.25) is 0 Å². The van der Waals surface area contributed by atoms with Crippen LogP contribution in [0.5, 0.6) is 0 Å². The van der Waals surface area contributed by atoms with Crippen molar-refractivity contribution < 1.29 is 23.7 Å². The number of rotatable bonds is 4. The summed E-state index contributed by atoms with van der Waals surface area (Å²) in [7, 11) is 9.75. The van der Waals surface area contributed by atoms with Gasteiger partial charge in [-0.3, -0.25) is 0 Å². The van der Waals surface area contributed by atoms with Gasteiger partial charge in [-0.05, 0) is 93.8 Å². The summed E-state index contributed by atoms with van der Waals surface area (Å²) in [4.78, 5) is 0. The molecule has 0 saturated heterocycles. The maximum Gasteiger partial charge on any atom is 0.0602 e. The van der Waals surface area contributed by atoms with Crippen LogP contribution in [0, 0.1) is 32.5 Å². The smallest absolute Gasteiger partial charge is 0.0602 e. The van der Waals surface area contributed by atoms with Gasteiger partial charge >= 0.3 is 0 Å². The minimum absolute atomic E-state index is 0.00926. The number of benzene rings is 5. The summed E-state index contributed by atoms with van der Waals surface area (Å²) in [5.74, 6) is 0. The lowest BCUT2D eigenvalue weighted by Gasteiger charge is -2.29. The third-order valence-electron chi connectivity index (χ3n) is 6.18. The van der Waals surface area contributed by atoms with E-state index in [4.69, 9.17) is 9.47 Å². The zero-order valence-corrected chi connectivity index (χ0v) is 61.1. The van der Waals surface area contributed by atoms with Crippen molar-refractivity contribution in [3.63, 3.8) is 0 Å². The maximum absolute atomic E-state index is 5.81. The molecule has 0 radical (unpaired) electrons. The average molecular weight is 1150 g/mol. The highest BCUT2D eigenvalue weighted by atomic mass is 16.5. The van der Waals surface area contributed by atoms with E-state index in [-0.39, 0.29) is 11.2 Å². The van der Waals surface area contributed by atoms with Crippen LogP contribution in [0.25, 0.3) is 0 Å². The molecule has 5 heteroatoms. The lowest BCUT2D eigenvalue weighted by Crippen LogP contribution is -2.28. The third kappa shape index (κ3) is 221. The van der Waals surface area contributed by atoms with Gasteiger partial charge in [-0.25, -0.2) is 0 Å². The summed E-state index contributed by atoms with van der Waals surface area (Å²) in [6.45, 7) is 64.0. The first-order valence-corrected chi connectivity index (χ1v) is 29.6. The Hall–Kier alpha value is -4.10. The molecule has 0 spiro atoms. The molecule has 0 amide bonds. The molecule has 5 aromatic carbocycles. The Bertz CT molecular complexity index is 1350. The molecule has 1 unspecified atom stereocenters. The Morgan fingerprint density at radius 1 is 0.244 bits per heavy atom. The van der Waals surface area contributed by atoms with Crippen molar-refractivity contribution in [2.75, 3.05) is 49.3 Å². The van der Waals surface area contributed by atoms with Gasteiger partial charge in [0.25, 0.3) is 0 Å². The minimum atomic E-state index is -0.00926. The summed E-state index contributed by atoms with van der Waals surface area (Å²) in [5, 5.41) is 0. The zero-order chi connectivity index (χ0) is 66.4. The van der Waals surface area contributed by atoms with E-state index in [1.54, 1.807) is 42.7 Å². The van der Waals surface area contributed by atoms with Crippen molar-refractivity contribution in [2.45, 2.75) is 231 Å². The SMILES string of the molecule is CC(C)(C)C.CC(C)(C)C.CC(C)(C)C.CC(C)(C)C.CC(C)(C)CCOC(C)(C)C.CC(CC(C)(C)C)OC(C)(C)C.COC.COC.COC.c1ccccc1.c1ccccc1.c1ccccc1.c1ccccc1.c1ccccc1. The van der Waals surface area contributed by atoms with E-state index in [9.17, 15) is 0 Å². The predicted molar refractivity (Wildman–Crippen MR) is 376 cm³/mol. The van der Waals surface area contributed by atoms with Crippen molar-refractivity contribution in [3.05, 3.63) is 182 Å². The molecule has 5 rings (SSSR count). The van der Waals surface area contributed by atoms with Gasteiger partial charge in [0.1, 0.15) is 0 Å². The molecule has 0 aliphatic rings. The van der Waals surface area contributed by atoms with Crippen LogP contribution in [0.3, 0.4) is 0 Å². The van der Waals surface area contributed by atoms with Crippen LogP contribution in [0.15, 0.2) is 182 Å². The van der Waals surface area contributed by atoms with Crippen LogP contribution in [0.2, 0.25) is 0 Å². The molecule has 0 heterocycles. The standard InChI is InChI=1S/C11H24O.C10H22O.5C6H6.4C5H12.3C2H6O/c1-9(8-10(2,3)4)12-11(5,6)7;1-9(2,3)7-8-11-10(4,5)6;5*1-2-4-6-5-3-1;4*1-5(2,3)4;3*1-3-2/h9H,8H2,1-7H3;7-8H2,1-6H3;5*1-6H;4*1-4H3;3*1-2H3. The number of hydrogen-bond donors (Lipinski definition) is 0. The molecule has 1 atom stereocenters. The fourth-order valence-corrected chi connectivity index (χ4v) is 4.10. The molecular formula is C77H142O5. The van der Waals surface area contributed by atoms with E-state index >= 15 is 0 Å². The monoisotopic (exact) mass is 1150 g/mol.